The minimum atomic E-state index is -3.50. The Morgan fingerprint density at radius 1 is 0.935 bits per heavy atom. The Morgan fingerprint density at radius 2 is 1.55 bits per heavy atom. The Morgan fingerprint density at radius 3 is 2.13 bits per heavy atom. The van der Waals surface area contributed by atoms with Crippen LogP contribution in [0.5, 0.6) is 0 Å². The first kappa shape index (κ1) is 23.1. The Kier molecular flexibility index (Phi) is 6.94. The molecule has 0 aromatic heterocycles. The minimum absolute atomic E-state index is 0.162. The molecule has 1 amide bonds. The topological polar surface area (TPSA) is 66.5 Å². The molecule has 0 heterocycles. The van der Waals surface area contributed by atoms with Crippen LogP contribution < -0.4 is 9.62 Å². The fourth-order valence-electron chi connectivity index (χ4n) is 3.13. The van der Waals surface area contributed by atoms with Gasteiger partial charge in [-0.1, -0.05) is 47.5 Å². The fourth-order valence-corrected chi connectivity index (χ4v) is 4.59. The number of halogens is 2. The average molecular weight is 477 g/mol. The lowest BCUT2D eigenvalue weighted by molar-refractivity contribution is 0.102. The summed E-state index contributed by atoms with van der Waals surface area (Å²) in [4.78, 5) is 12.5. The summed E-state index contributed by atoms with van der Waals surface area (Å²) in [7, 11) is -3.50. The molecule has 0 radical (unpaired) electrons. The van der Waals surface area contributed by atoms with E-state index in [2.05, 4.69) is 5.32 Å². The number of nitrogens with one attached hydrogen (secondary N) is 1. The Hall–Kier alpha value is -2.54. The van der Waals surface area contributed by atoms with Crippen molar-refractivity contribution >= 4 is 50.5 Å². The highest BCUT2D eigenvalue weighted by Gasteiger charge is 2.20. The number of anilines is 2. The predicted molar refractivity (Wildman–Crippen MR) is 128 cm³/mol. The van der Waals surface area contributed by atoms with Gasteiger partial charge in [0.2, 0.25) is 10.0 Å². The maximum atomic E-state index is 12.5. The zero-order valence-electron chi connectivity index (χ0n) is 17.3. The van der Waals surface area contributed by atoms with Crippen LogP contribution in [0.1, 0.15) is 27.0 Å². The predicted octanol–water partition coefficient (Wildman–Crippen LogP) is 5.83. The minimum Gasteiger partial charge on any atom is -0.322 e. The van der Waals surface area contributed by atoms with Crippen molar-refractivity contribution in [1.82, 2.24) is 0 Å². The van der Waals surface area contributed by atoms with E-state index in [1.807, 2.05) is 32.0 Å². The third-order valence-electron chi connectivity index (χ3n) is 4.70. The maximum Gasteiger partial charge on any atom is 0.255 e. The molecule has 0 aliphatic heterocycles. The van der Waals surface area contributed by atoms with Gasteiger partial charge in [-0.05, 0) is 66.9 Å². The van der Waals surface area contributed by atoms with Gasteiger partial charge in [-0.15, -0.1) is 0 Å². The smallest absolute Gasteiger partial charge is 0.255 e. The maximum absolute atomic E-state index is 12.5. The lowest BCUT2D eigenvalue weighted by atomic mass is 10.1. The Balaban J connectivity index is 1.81. The van der Waals surface area contributed by atoms with E-state index in [0.717, 1.165) is 16.7 Å². The number of sulfonamides is 1. The molecule has 0 fully saturated rings. The van der Waals surface area contributed by atoms with Gasteiger partial charge in [0, 0.05) is 21.3 Å². The van der Waals surface area contributed by atoms with E-state index in [9.17, 15) is 13.2 Å². The summed E-state index contributed by atoms with van der Waals surface area (Å²) in [5, 5.41) is 3.59. The molecule has 3 aromatic carbocycles. The van der Waals surface area contributed by atoms with Gasteiger partial charge in [-0.2, -0.15) is 0 Å². The van der Waals surface area contributed by atoms with Crippen LogP contribution in [-0.2, 0) is 16.6 Å². The van der Waals surface area contributed by atoms with Crippen LogP contribution in [0.3, 0.4) is 0 Å². The third kappa shape index (κ3) is 6.00. The number of hydrogen-bond donors (Lipinski definition) is 1. The van der Waals surface area contributed by atoms with E-state index < -0.39 is 10.0 Å². The number of carbonyl (C=O) groups is 1. The largest absolute Gasteiger partial charge is 0.322 e. The first-order valence-electron chi connectivity index (χ1n) is 9.44. The van der Waals surface area contributed by atoms with Crippen LogP contribution in [0.15, 0.2) is 60.7 Å². The third-order valence-corrected chi connectivity index (χ3v) is 6.26. The summed E-state index contributed by atoms with van der Waals surface area (Å²) in [5.41, 5.74) is 4.16. The van der Waals surface area contributed by atoms with E-state index in [1.54, 1.807) is 42.5 Å². The molecule has 3 rings (SSSR count). The quantitative estimate of drug-likeness (QED) is 0.486. The van der Waals surface area contributed by atoms with E-state index in [4.69, 9.17) is 23.2 Å². The normalized spacial score (nSPS) is 11.3. The highest BCUT2D eigenvalue weighted by atomic mass is 35.5. The van der Waals surface area contributed by atoms with Crippen LogP contribution in [0.4, 0.5) is 11.4 Å². The fraction of sp³-hybridized carbons (Fsp3) is 0.174. The standard InChI is InChI=1S/C23H22Cl2N2O3S/c1-15-4-5-16(2)22(10-15)27(31(3,29)30)14-17-6-8-18(9-7-17)23(28)26-21-12-19(24)11-20(25)13-21/h4-13H,14H2,1-3H3,(H,26,28). The van der Waals surface area contributed by atoms with Gasteiger partial charge in [-0.3, -0.25) is 9.10 Å². The zero-order chi connectivity index (χ0) is 22.8. The second-order valence-electron chi connectivity index (χ2n) is 7.37. The first-order valence-corrected chi connectivity index (χ1v) is 12.0. The van der Waals surface area contributed by atoms with E-state index >= 15 is 0 Å². The van der Waals surface area contributed by atoms with Crippen LogP contribution in [-0.4, -0.2) is 20.6 Å². The van der Waals surface area contributed by atoms with Crippen molar-refractivity contribution in [1.29, 1.82) is 0 Å². The second kappa shape index (κ2) is 9.30. The molecule has 0 saturated carbocycles. The summed E-state index contributed by atoms with van der Waals surface area (Å²) in [6.07, 6.45) is 1.19. The van der Waals surface area contributed by atoms with Crippen molar-refractivity contribution in [2.75, 3.05) is 15.9 Å². The van der Waals surface area contributed by atoms with E-state index in [0.29, 0.717) is 27.0 Å². The van der Waals surface area contributed by atoms with Crippen molar-refractivity contribution in [2.45, 2.75) is 20.4 Å². The van der Waals surface area contributed by atoms with Crippen LogP contribution in [0.2, 0.25) is 10.0 Å². The molecule has 1 N–H and O–H groups in total. The van der Waals surface area contributed by atoms with E-state index in [1.165, 1.54) is 10.6 Å². The summed E-state index contributed by atoms with van der Waals surface area (Å²) < 4.78 is 26.3. The number of nitrogens with zero attached hydrogens (tertiary/aromatic N) is 1. The highest BCUT2D eigenvalue weighted by molar-refractivity contribution is 7.92. The van der Waals surface area contributed by atoms with Gasteiger partial charge >= 0.3 is 0 Å². The number of hydrogen-bond acceptors (Lipinski definition) is 3. The lowest BCUT2D eigenvalue weighted by Gasteiger charge is -2.25. The van der Waals surface area contributed by atoms with Gasteiger partial charge in [-0.25, -0.2) is 8.42 Å². The average Bonchev–Trinajstić information content (AvgIpc) is 2.67. The summed E-state index contributed by atoms with van der Waals surface area (Å²) in [5.74, 6) is -0.320. The van der Waals surface area contributed by atoms with Crippen molar-refractivity contribution in [3.8, 4) is 0 Å². The van der Waals surface area contributed by atoms with Gasteiger partial charge in [0.1, 0.15) is 0 Å². The summed E-state index contributed by atoms with van der Waals surface area (Å²) >= 11 is 11.9. The molecule has 5 nitrogen and oxygen atoms in total. The summed E-state index contributed by atoms with van der Waals surface area (Å²) in [6.45, 7) is 3.96. The van der Waals surface area contributed by atoms with Gasteiger partial charge < -0.3 is 5.32 Å². The lowest BCUT2D eigenvalue weighted by Crippen LogP contribution is -2.30. The molecule has 8 heteroatoms. The Labute approximate surface area is 192 Å². The van der Waals surface area contributed by atoms with Crippen molar-refractivity contribution in [3.63, 3.8) is 0 Å². The summed E-state index contributed by atoms with van der Waals surface area (Å²) in [6, 6.07) is 17.3. The van der Waals surface area contributed by atoms with Gasteiger partial charge in [0.05, 0.1) is 18.5 Å². The molecule has 3 aromatic rings. The van der Waals surface area contributed by atoms with Crippen molar-refractivity contribution in [3.05, 3.63) is 93.0 Å². The van der Waals surface area contributed by atoms with Crippen LogP contribution >= 0.6 is 23.2 Å². The van der Waals surface area contributed by atoms with Crippen molar-refractivity contribution in [2.24, 2.45) is 0 Å². The molecule has 31 heavy (non-hydrogen) atoms. The molecular formula is C23H22Cl2N2O3S. The highest BCUT2D eigenvalue weighted by Crippen LogP contribution is 2.26. The number of benzene rings is 3. The SMILES string of the molecule is Cc1ccc(C)c(N(Cc2ccc(C(=O)Nc3cc(Cl)cc(Cl)c3)cc2)S(C)(=O)=O)c1. The molecule has 0 spiro atoms. The Bertz CT molecular complexity index is 1210. The van der Waals surface area contributed by atoms with Crippen molar-refractivity contribution < 1.29 is 13.2 Å². The number of rotatable bonds is 6. The molecule has 0 aliphatic carbocycles. The number of aryl methyl sites for hydroxylation is 2. The molecular weight excluding hydrogens is 455 g/mol. The molecule has 0 saturated heterocycles. The first-order chi connectivity index (χ1) is 14.5. The monoisotopic (exact) mass is 476 g/mol. The van der Waals surface area contributed by atoms with Crippen LogP contribution in [0, 0.1) is 13.8 Å². The van der Waals surface area contributed by atoms with Gasteiger partial charge in [0.15, 0.2) is 0 Å². The number of amides is 1. The van der Waals surface area contributed by atoms with Crippen LogP contribution in [0.25, 0.3) is 0 Å². The molecule has 0 unspecified atom stereocenters. The molecule has 0 aliphatic rings. The molecule has 0 atom stereocenters. The van der Waals surface area contributed by atoms with Gasteiger partial charge in [0.25, 0.3) is 5.91 Å². The molecule has 0 bridgehead atoms. The molecule has 162 valence electrons. The number of carbonyl (C=O) groups excluding carboxylic acids is 1. The van der Waals surface area contributed by atoms with E-state index in [-0.39, 0.29) is 12.5 Å². The second-order valence-corrected chi connectivity index (χ2v) is 10.1. The zero-order valence-corrected chi connectivity index (χ0v) is 19.6.